The van der Waals surface area contributed by atoms with Crippen molar-refractivity contribution in [2.24, 2.45) is 5.92 Å². The first-order valence-electron chi connectivity index (χ1n) is 6.16. The summed E-state index contributed by atoms with van der Waals surface area (Å²) in [6.45, 7) is 7.52. The Bertz CT molecular complexity index is 319. The average molecular weight is 221 g/mol. The zero-order chi connectivity index (χ0) is 12.0. The van der Waals surface area contributed by atoms with Gasteiger partial charge in [-0.1, -0.05) is 32.0 Å². The van der Waals surface area contributed by atoms with E-state index in [4.69, 9.17) is 5.11 Å². The van der Waals surface area contributed by atoms with Crippen LogP contribution in [-0.2, 0) is 6.42 Å². The molecule has 1 rings (SSSR count). The second-order valence-electron chi connectivity index (χ2n) is 4.30. The van der Waals surface area contributed by atoms with E-state index >= 15 is 0 Å². The lowest BCUT2D eigenvalue weighted by molar-refractivity contribution is 0.230. The molecule has 0 saturated carbocycles. The SMILES string of the molecule is CCc1cccc(C)c1NCC(CC)CO. The second kappa shape index (κ2) is 6.54. The van der Waals surface area contributed by atoms with Crippen LogP contribution in [0.3, 0.4) is 0 Å². The minimum Gasteiger partial charge on any atom is -0.396 e. The van der Waals surface area contributed by atoms with Crippen molar-refractivity contribution in [2.75, 3.05) is 18.5 Å². The third-order valence-corrected chi connectivity index (χ3v) is 3.14. The Morgan fingerprint density at radius 2 is 2.06 bits per heavy atom. The summed E-state index contributed by atoms with van der Waals surface area (Å²) in [5, 5.41) is 12.6. The molecule has 2 N–H and O–H groups in total. The van der Waals surface area contributed by atoms with Gasteiger partial charge in [-0.3, -0.25) is 0 Å². The topological polar surface area (TPSA) is 32.3 Å². The number of nitrogens with one attached hydrogen (secondary N) is 1. The third-order valence-electron chi connectivity index (χ3n) is 3.14. The Balaban J connectivity index is 2.72. The largest absolute Gasteiger partial charge is 0.396 e. The molecular formula is C14H23NO. The molecule has 0 aliphatic carbocycles. The van der Waals surface area contributed by atoms with Gasteiger partial charge in [-0.15, -0.1) is 0 Å². The molecule has 2 nitrogen and oxygen atoms in total. The van der Waals surface area contributed by atoms with E-state index in [1.807, 2.05) is 0 Å². The normalized spacial score (nSPS) is 12.5. The minimum absolute atomic E-state index is 0.261. The molecule has 0 fully saturated rings. The van der Waals surface area contributed by atoms with E-state index in [0.29, 0.717) is 5.92 Å². The Morgan fingerprint density at radius 1 is 1.31 bits per heavy atom. The average Bonchev–Trinajstić information content (AvgIpc) is 2.31. The molecule has 0 aliphatic rings. The summed E-state index contributed by atoms with van der Waals surface area (Å²) in [5.41, 5.74) is 3.89. The number of rotatable bonds is 6. The van der Waals surface area contributed by atoms with E-state index in [-0.39, 0.29) is 6.61 Å². The predicted molar refractivity (Wildman–Crippen MR) is 69.9 cm³/mol. The van der Waals surface area contributed by atoms with Crippen LogP contribution in [0.25, 0.3) is 0 Å². The van der Waals surface area contributed by atoms with E-state index in [1.165, 1.54) is 16.8 Å². The molecule has 0 aliphatic heterocycles. The summed E-state index contributed by atoms with van der Waals surface area (Å²) in [6.07, 6.45) is 2.05. The van der Waals surface area contributed by atoms with Crippen LogP contribution in [0.4, 0.5) is 5.69 Å². The number of benzene rings is 1. The molecule has 1 unspecified atom stereocenters. The molecule has 0 radical (unpaired) electrons. The van der Waals surface area contributed by atoms with Gasteiger partial charge in [0, 0.05) is 18.8 Å². The lowest BCUT2D eigenvalue weighted by atomic mass is 10.0. The van der Waals surface area contributed by atoms with Crippen molar-refractivity contribution < 1.29 is 5.11 Å². The molecule has 0 bridgehead atoms. The number of aliphatic hydroxyl groups is 1. The maximum Gasteiger partial charge on any atom is 0.0475 e. The fourth-order valence-corrected chi connectivity index (χ4v) is 1.86. The van der Waals surface area contributed by atoms with Gasteiger partial charge in [-0.2, -0.15) is 0 Å². The van der Waals surface area contributed by atoms with Crippen LogP contribution >= 0.6 is 0 Å². The van der Waals surface area contributed by atoms with Crippen LogP contribution < -0.4 is 5.32 Å². The maximum absolute atomic E-state index is 9.16. The summed E-state index contributed by atoms with van der Waals surface area (Å²) in [4.78, 5) is 0. The van der Waals surface area contributed by atoms with Gasteiger partial charge in [0.2, 0.25) is 0 Å². The minimum atomic E-state index is 0.261. The van der Waals surface area contributed by atoms with Crippen LogP contribution in [0.5, 0.6) is 0 Å². The highest BCUT2D eigenvalue weighted by Gasteiger charge is 2.07. The molecule has 16 heavy (non-hydrogen) atoms. The lowest BCUT2D eigenvalue weighted by Gasteiger charge is -2.17. The fourth-order valence-electron chi connectivity index (χ4n) is 1.86. The Labute approximate surface area is 98.7 Å². The predicted octanol–water partition coefficient (Wildman–Crippen LogP) is 2.99. The van der Waals surface area contributed by atoms with Crippen LogP contribution in [0, 0.1) is 12.8 Å². The van der Waals surface area contributed by atoms with Gasteiger partial charge in [-0.05, 0) is 36.8 Å². The fraction of sp³-hybridized carbons (Fsp3) is 0.571. The number of hydrogen-bond donors (Lipinski definition) is 2. The van der Waals surface area contributed by atoms with Crippen LogP contribution in [0.1, 0.15) is 31.4 Å². The van der Waals surface area contributed by atoms with Crippen molar-refractivity contribution in [1.29, 1.82) is 0 Å². The van der Waals surface area contributed by atoms with Gasteiger partial charge in [0.05, 0.1) is 0 Å². The highest BCUT2D eigenvalue weighted by atomic mass is 16.3. The molecule has 0 aromatic heterocycles. The lowest BCUT2D eigenvalue weighted by Crippen LogP contribution is -2.18. The summed E-state index contributed by atoms with van der Waals surface area (Å²) >= 11 is 0. The number of hydrogen-bond acceptors (Lipinski definition) is 2. The molecule has 0 heterocycles. The van der Waals surface area contributed by atoms with Gasteiger partial charge in [0.25, 0.3) is 0 Å². The number of anilines is 1. The first-order chi connectivity index (χ1) is 7.72. The van der Waals surface area contributed by atoms with Crippen molar-refractivity contribution >= 4 is 5.69 Å². The molecule has 90 valence electrons. The van der Waals surface area contributed by atoms with Crippen molar-refractivity contribution in [1.82, 2.24) is 0 Å². The van der Waals surface area contributed by atoms with Crippen molar-refractivity contribution in [3.05, 3.63) is 29.3 Å². The maximum atomic E-state index is 9.16. The van der Waals surface area contributed by atoms with E-state index in [9.17, 15) is 0 Å². The van der Waals surface area contributed by atoms with Crippen LogP contribution in [0.15, 0.2) is 18.2 Å². The van der Waals surface area contributed by atoms with Crippen molar-refractivity contribution in [3.8, 4) is 0 Å². The van der Waals surface area contributed by atoms with Gasteiger partial charge in [0.1, 0.15) is 0 Å². The Hall–Kier alpha value is -1.02. The first kappa shape index (κ1) is 13.0. The molecule has 1 aromatic carbocycles. The number of para-hydroxylation sites is 1. The molecule has 0 amide bonds. The smallest absolute Gasteiger partial charge is 0.0475 e. The third kappa shape index (κ3) is 3.24. The van der Waals surface area contributed by atoms with Gasteiger partial charge >= 0.3 is 0 Å². The summed E-state index contributed by atoms with van der Waals surface area (Å²) in [7, 11) is 0. The quantitative estimate of drug-likeness (QED) is 0.774. The highest BCUT2D eigenvalue weighted by molar-refractivity contribution is 5.57. The van der Waals surface area contributed by atoms with E-state index in [1.54, 1.807) is 0 Å². The molecule has 1 atom stereocenters. The van der Waals surface area contributed by atoms with Crippen molar-refractivity contribution in [3.63, 3.8) is 0 Å². The summed E-state index contributed by atoms with van der Waals surface area (Å²) < 4.78 is 0. The van der Waals surface area contributed by atoms with Gasteiger partial charge in [0.15, 0.2) is 0 Å². The van der Waals surface area contributed by atoms with Crippen LogP contribution in [0.2, 0.25) is 0 Å². The zero-order valence-corrected chi connectivity index (χ0v) is 10.6. The summed E-state index contributed by atoms with van der Waals surface area (Å²) in [5.74, 6) is 0.351. The molecule has 1 aromatic rings. The molecule has 0 spiro atoms. The Kier molecular flexibility index (Phi) is 5.33. The monoisotopic (exact) mass is 221 g/mol. The standard InChI is InChI=1S/C14H23NO/c1-4-12(10-16)9-15-14-11(3)7-6-8-13(14)5-2/h6-8,12,15-16H,4-5,9-10H2,1-3H3. The van der Waals surface area contributed by atoms with E-state index < -0.39 is 0 Å². The van der Waals surface area contributed by atoms with Gasteiger partial charge in [-0.25, -0.2) is 0 Å². The van der Waals surface area contributed by atoms with Crippen molar-refractivity contribution in [2.45, 2.75) is 33.6 Å². The molecule has 0 saturated heterocycles. The second-order valence-corrected chi connectivity index (χ2v) is 4.30. The first-order valence-corrected chi connectivity index (χ1v) is 6.16. The van der Waals surface area contributed by atoms with Crippen LogP contribution in [-0.4, -0.2) is 18.3 Å². The van der Waals surface area contributed by atoms with E-state index in [0.717, 1.165) is 19.4 Å². The molecule has 2 heteroatoms. The molecular weight excluding hydrogens is 198 g/mol. The van der Waals surface area contributed by atoms with E-state index in [2.05, 4.69) is 44.3 Å². The Morgan fingerprint density at radius 3 is 2.62 bits per heavy atom. The number of aryl methyl sites for hydroxylation is 2. The highest BCUT2D eigenvalue weighted by Crippen LogP contribution is 2.21. The number of aliphatic hydroxyl groups excluding tert-OH is 1. The summed E-state index contributed by atoms with van der Waals surface area (Å²) in [6, 6.07) is 6.39. The van der Waals surface area contributed by atoms with Gasteiger partial charge < -0.3 is 10.4 Å². The zero-order valence-electron chi connectivity index (χ0n) is 10.6.